The summed E-state index contributed by atoms with van der Waals surface area (Å²) in [5.74, 6) is 1.24. The number of anilines is 1. The van der Waals surface area contributed by atoms with Gasteiger partial charge in [-0.1, -0.05) is 39.0 Å². The molecule has 3 aromatic rings. The predicted molar refractivity (Wildman–Crippen MR) is 149 cm³/mol. The number of hydrogen-bond donors (Lipinski definition) is 2. The van der Waals surface area contributed by atoms with Crippen LogP contribution in [-0.4, -0.2) is 37.1 Å². The molecule has 0 aliphatic rings. The number of rotatable bonds is 12. The summed E-state index contributed by atoms with van der Waals surface area (Å²) in [5, 5.41) is 13.4. The number of amides is 1. The molecule has 7 heteroatoms. The van der Waals surface area contributed by atoms with Crippen LogP contribution < -0.4 is 19.5 Å². The molecule has 0 unspecified atom stereocenters. The monoisotopic (exact) mass is 519 g/mol. The minimum Gasteiger partial charge on any atom is -0.507 e. The van der Waals surface area contributed by atoms with Gasteiger partial charge in [0, 0.05) is 23.2 Å². The third-order valence-electron chi connectivity index (χ3n) is 5.88. The van der Waals surface area contributed by atoms with E-state index < -0.39 is 0 Å². The van der Waals surface area contributed by atoms with Crippen molar-refractivity contribution in [3.8, 4) is 23.0 Å². The van der Waals surface area contributed by atoms with Gasteiger partial charge in [0.05, 0.1) is 25.9 Å². The van der Waals surface area contributed by atoms with Crippen LogP contribution in [0.15, 0.2) is 60.7 Å². The minimum absolute atomic E-state index is 0.0247. The van der Waals surface area contributed by atoms with Crippen LogP contribution in [0.2, 0.25) is 0 Å². The second-order valence-corrected chi connectivity index (χ2v) is 10.3. The number of benzene rings is 3. The van der Waals surface area contributed by atoms with Crippen LogP contribution in [0.25, 0.3) is 0 Å². The van der Waals surface area contributed by atoms with Gasteiger partial charge in [0.15, 0.2) is 17.3 Å². The van der Waals surface area contributed by atoms with Crippen molar-refractivity contribution in [3.63, 3.8) is 0 Å². The summed E-state index contributed by atoms with van der Waals surface area (Å²) in [6, 6.07) is 17.7. The highest BCUT2D eigenvalue weighted by atomic mass is 16.5. The Balaban J connectivity index is 1.50. The number of ketones is 1. The molecule has 0 fully saturated rings. The van der Waals surface area contributed by atoms with E-state index in [0.717, 1.165) is 0 Å². The molecule has 0 atom stereocenters. The summed E-state index contributed by atoms with van der Waals surface area (Å²) in [4.78, 5) is 25.2. The maximum Gasteiger partial charge on any atom is 0.255 e. The SMILES string of the molecule is COc1ccc(C(=O)Nc2ccccc2)cc1OCCCCOc1ccc(C(=O)CC(C)(C)C)c(O)c1C. The number of nitrogens with one attached hydrogen (secondary N) is 1. The van der Waals surface area contributed by atoms with Gasteiger partial charge < -0.3 is 24.6 Å². The Morgan fingerprint density at radius 2 is 1.50 bits per heavy atom. The molecule has 0 heterocycles. The first kappa shape index (κ1) is 28.6. The number of phenols is 1. The molecule has 0 aliphatic heterocycles. The average Bonchev–Trinajstić information content (AvgIpc) is 2.87. The number of para-hydroxylation sites is 1. The third-order valence-corrected chi connectivity index (χ3v) is 5.88. The largest absolute Gasteiger partial charge is 0.507 e. The molecule has 2 N–H and O–H groups in total. The van der Waals surface area contributed by atoms with Crippen molar-refractivity contribution >= 4 is 17.4 Å². The van der Waals surface area contributed by atoms with Crippen molar-refractivity contribution in [1.82, 2.24) is 0 Å². The number of carbonyl (C=O) groups excluding carboxylic acids is 2. The minimum atomic E-state index is -0.234. The lowest BCUT2D eigenvalue weighted by atomic mass is 9.87. The van der Waals surface area contributed by atoms with Gasteiger partial charge in [-0.2, -0.15) is 0 Å². The Morgan fingerprint density at radius 1 is 0.868 bits per heavy atom. The number of methoxy groups -OCH3 is 1. The summed E-state index contributed by atoms with van der Waals surface area (Å²) in [6.07, 6.45) is 1.77. The Hall–Kier alpha value is -4.00. The fraction of sp³-hybridized carbons (Fsp3) is 0.355. The maximum atomic E-state index is 12.6. The zero-order chi connectivity index (χ0) is 27.7. The Morgan fingerprint density at radius 3 is 2.13 bits per heavy atom. The highest BCUT2D eigenvalue weighted by Gasteiger charge is 2.21. The number of ether oxygens (including phenoxy) is 3. The van der Waals surface area contributed by atoms with Gasteiger partial charge in [-0.25, -0.2) is 0 Å². The fourth-order valence-corrected chi connectivity index (χ4v) is 3.86. The molecule has 38 heavy (non-hydrogen) atoms. The molecule has 3 aromatic carbocycles. The molecule has 0 aliphatic carbocycles. The molecule has 0 saturated heterocycles. The van der Waals surface area contributed by atoms with E-state index in [1.165, 1.54) is 0 Å². The molecule has 0 aromatic heterocycles. The first-order valence-electron chi connectivity index (χ1n) is 12.7. The van der Waals surface area contributed by atoms with E-state index in [0.29, 0.717) is 72.1 Å². The number of carbonyl (C=O) groups is 2. The highest BCUT2D eigenvalue weighted by molar-refractivity contribution is 6.04. The maximum absolute atomic E-state index is 12.6. The average molecular weight is 520 g/mol. The normalized spacial score (nSPS) is 11.1. The van der Waals surface area contributed by atoms with Crippen LogP contribution in [0.3, 0.4) is 0 Å². The van der Waals surface area contributed by atoms with Crippen LogP contribution in [-0.2, 0) is 0 Å². The predicted octanol–water partition coefficient (Wildman–Crippen LogP) is 6.82. The van der Waals surface area contributed by atoms with E-state index in [4.69, 9.17) is 14.2 Å². The van der Waals surface area contributed by atoms with Gasteiger partial charge in [0.25, 0.3) is 5.91 Å². The van der Waals surface area contributed by atoms with Crippen molar-refractivity contribution < 1.29 is 28.9 Å². The Kier molecular flexibility index (Phi) is 9.77. The highest BCUT2D eigenvalue weighted by Crippen LogP contribution is 2.33. The standard InChI is InChI=1S/C31H37NO6/c1-21-26(16-14-24(29(21)34)25(33)20-31(2,3)4)37-17-9-10-18-38-28-19-22(13-15-27(28)36-5)30(35)32-23-11-7-6-8-12-23/h6-8,11-16,19,34H,9-10,17-18,20H2,1-5H3,(H,32,35). The van der Waals surface area contributed by atoms with E-state index in [1.54, 1.807) is 44.4 Å². The number of unbranched alkanes of at least 4 members (excludes halogenated alkanes) is 1. The zero-order valence-electron chi connectivity index (χ0n) is 22.8. The molecule has 0 bridgehead atoms. The number of phenolic OH excluding ortho intramolecular Hbond substituents is 1. The summed E-state index contributed by atoms with van der Waals surface area (Å²) in [6.45, 7) is 8.56. The fourth-order valence-electron chi connectivity index (χ4n) is 3.86. The van der Waals surface area contributed by atoms with Gasteiger partial charge >= 0.3 is 0 Å². The van der Waals surface area contributed by atoms with Gasteiger partial charge in [0.1, 0.15) is 11.5 Å². The second-order valence-electron chi connectivity index (χ2n) is 10.3. The van der Waals surface area contributed by atoms with Gasteiger partial charge in [-0.15, -0.1) is 0 Å². The second kappa shape index (κ2) is 13.0. The molecule has 1 amide bonds. The van der Waals surface area contributed by atoms with E-state index in [-0.39, 0.29) is 22.9 Å². The summed E-state index contributed by atoms with van der Waals surface area (Å²) in [5.41, 5.74) is 1.90. The quantitative estimate of drug-likeness (QED) is 0.201. The van der Waals surface area contributed by atoms with Crippen molar-refractivity contribution in [1.29, 1.82) is 0 Å². The molecule has 0 saturated carbocycles. The van der Waals surface area contributed by atoms with Gasteiger partial charge in [-0.3, -0.25) is 9.59 Å². The van der Waals surface area contributed by atoms with Crippen LogP contribution in [0, 0.1) is 12.3 Å². The molecule has 202 valence electrons. The summed E-state index contributed by atoms with van der Waals surface area (Å²) >= 11 is 0. The van der Waals surface area contributed by atoms with Crippen molar-refractivity contribution in [3.05, 3.63) is 77.4 Å². The molecule has 3 rings (SSSR count). The van der Waals surface area contributed by atoms with E-state index in [1.807, 2.05) is 51.1 Å². The Labute approximate surface area is 224 Å². The van der Waals surface area contributed by atoms with E-state index >= 15 is 0 Å². The zero-order valence-corrected chi connectivity index (χ0v) is 22.8. The molecule has 7 nitrogen and oxygen atoms in total. The molecular formula is C31H37NO6. The molecule has 0 spiro atoms. The van der Waals surface area contributed by atoms with Crippen molar-refractivity contribution in [2.75, 3.05) is 25.6 Å². The van der Waals surface area contributed by atoms with Crippen LogP contribution in [0.4, 0.5) is 5.69 Å². The van der Waals surface area contributed by atoms with E-state index in [2.05, 4.69) is 5.32 Å². The number of hydrogen-bond acceptors (Lipinski definition) is 6. The summed E-state index contributed by atoms with van der Waals surface area (Å²) < 4.78 is 17.1. The summed E-state index contributed by atoms with van der Waals surface area (Å²) in [7, 11) is 1.56. The number of aromatic hydroxyl groups is 1. The molecular weight excluding hydrogens is 482 g/mol. The van der Waals surface area contributed by atoms with Crippen molar-refractivity contribution in [2.45, 2.75) is 47.0 Å². The lowest BCUT2D eigenvalue weighted by Crippen LogP contribution is -2.13. The number of Topliss-reactive ketones (excluding diaryl/α,β-unsaturated/α-hetero) is 1. The van der Waals surface area contributed by atoms with Crippen molar-refractivity contribution in [2.24, 2.45) is 5.41 Å². The first-order chi connectivity index (χ1) is 18.1. The lowest BCUT2D eigenvalue weighted by Gasteiger charge is -2.18. The molecule has 0 radical (unpaired) electrons. The van der Waals surface area contributed by atoms with Gasteiger partial charge in [0.2, 0.25) is 0 Å². The lowest BCUT2D eigenvalue weighted by molar-refractivity contribution is 0.0936. The first-order valence-corrected chi connectivity index (χ1v) is 12.7. The van der Waals surface area contributed by atoms with Crippen LogP contribution >= 0.6 is 0 Å². The smallest absolute Gasteiger partial charge is 0.255 e. The van der Waals surface area contributed by atoms with Gasteiger partial charge in [-0.05, 0) is 67.6 Å². The van der Waals surface area contributed by atoms with Crippen LogP contribution in [0.5, 0.6) is 23.0 Å². The van der Waals surface area contributed by atoms with E-state index in [9.17, 15) is 14.7 Å². The van der Waals surface area contributed by atoms with Crippen LogP contribution in [0.1, 0.15) is 66.3 Å². The topological polar surface area (TPSA) is 94.1 Å². The third kappa shape index (κ3) is 8.00. The Bertz CT molecular complexity index is 1250.